The van der Waals surface area contributed by atoms with Crippen molar-refractivity contribution in [2.45, 2.75) is 33.8 Å². The van der Waals surface area contributed by atoms with Crippen LogP contribution in [0.5, 0.6) is 0 Å². The average molecular weight is 276 g/mol. The van der Waals surface area contributed by atoms with Crippen molar-refractivity contribution in [2.24, 2.45) is 27.6 Å². The van der Waals surface area contributed by atoms with E-state index in [1.807, 2.05) is 31.2 Å². The molecule has 4 N–H and O–H groups in total. The van der Waals surface area contributed by atoms with E-state index in [2.05, 4.69) is 24.1 Å². The van der Waals surface area contributed by atoms with E-state index in [0.717, 1.165) is 17.7 Å². The van der Waals surface area contributed by atoms with Gasteiger partial charge in [-0.3, -0.25) is 0 Å². The van der Waals surface area contributed by atoms with Crippen LogP contribution in [0.4, 0.5) is 0 Å². The van der Waals surface area contributed by atoms with Gasteiger partial charge in [0.25, 0.3) is 0 Å². The van der Waals surface area contributed by atoms with Crippen molar-refractivity contribution in [2.75, 3.05) is 6.61 Å². The number of nitrogens with two attached hydrogens (primary N) is 2. The van der Waals surface area contributed by atoms with E-state index in [-0.39, 0.29) is 6.10 Å². The second-order valence-electron chi connectivity index (χ2n) is 5.22. The summed E-state index contributed by atoms with van der Waals surface area (Å²) in [6, 6.07) is 7.79. The molecular formula is C15H24N4O. The van der Waals surface area contributed by atoms with Gasteiger partial charge in [0.05, 0.1) is 6.10 Å². The first-order chi connectivity index (χ1) is 9.40. The molecule has 0 aliphatic carbocycles. The predicted octanol–water partition coefficient (Wildman–Crippen LogP) is 2.42. The van der Waals surface area contributed by atoms with Crippen LogP contribution in [0.3, 0.4) is 0 Å². The summed E-state index contributed by atoms with van der Waals surface area (Å²) in [5.41, 5.74) is 13.2. The van der Waals surface area contributed by atoms with Crippen LogP contribution in [0.1, 0.15) is 44.9 Å². The molecule has 20 heavy (non-hydrogen) atoms. The van der Waals surface area contributed by atoms with Crippen LogP contribution >= 0.6 is 0 Å². The van der Waals surface area contributed by atoms with E-state index in [1.165, 1.54) is 0 Å². The van der Waals surface area contributed by atoms with Crippen molar-refractivity contribution in [3.63, 3.8) is 0 Å². The molecule has 1 atom stereocenters. The Morgan fingerprint density at radius 1 is 1.10 bits per heavy atom. The first-order valence-corrected chi connectivity index (χ1v) is 6.75. The summed E-state index contributed by atoms with van der Waals surface area (Å²) in [4.78, 5) is 0. The fraction of sp³-hybridized carbons (Fsp3) is 0.467. The normalized spacial score (nSPS) is 14.7. The van der Waals surface area contributed by atoms with Crippen molar-refractivity contribution in [3.05, 3.63) is 35.4 Å². The highest BCUT2D eigenvalue weighted by Gasteiger charge is 2.07. The maximum Gasteiger partial charge on any atom is 0.153 e. The van der Waals surface area contributed by atoms with E-state index in [9.17, 15) is 0 Å². The zero-order valence-electron chi connectivity index (χ0n) is 12.6. The van der Waals surface area contributed by atoms with E-state index < -0.39 is 0 Å². The second kappa shape index (κ2) is 7.65. The van der Waals surface area contributed by atoms with E-state index in [0.29, 0.717) is 17.6 Å². The largest absolute Gasteiger partial charge is 0.386 e. The Morgan fingerprint density at radius 2 is 1.70 bits per heavy atom. The first-order valence-electron chi connectivity index (χ1n) is 6.75. The molecule has 0 saturated heterocycles. The minimum absolute atomic E-state index is 0.0638. The van der Waals surface area contributed by atoms with E-state index >= 15 is 0 Å². The summed E-state index contributed by atoms with van der Waals surface area (Å²) < 4.78 is 5.77. The van der Waals surface area contributed by atoms with Gasteiger partial charge in [0, 0.05) is 12.2 Å². The molecular weight excluding hydrogens is 252 g/mol. The molecule has 0 heterocycles. The third-order valence-corrected chi connectivity index (χ3v) is 2.67. The van der Waals surface area contributed by atoms with Crippen LogP contribution < -0.4 is 11.5 Å². The predicted molar refractivity (Wildman–Crippen MR) is 83.7 cm³/mol. The number of hydrogen-bond donors (Lipinski definition) is 2. The molecule has 0 fully saturated rings. The van der Waals surface area contributed by atoms with Crippen LogP contribution in [-0.2, 0) is 4.74 Å². The molecule has 1 aromatic rings. The van der Waals surface area contributed by atoms with Gasteiger partial charge in [0.15, 0.2) is 5.84 Å². The van der Waals surface area contributed by atoms with Crippen molar-refractivity contribution in [3.8, 4) is 0 Å². The number of hydrogen-bond acceptors (Lipinski definition) is 3. The van der Waals surface area contributed by atoms with Crippen LogP contribution in [0.15, 0.2) is 34.5 Å². The van der Waals surface area contributed by atoms with Gasteiger partial charge < -0.3 is 16.2 Å². The number of ether oxygens (including phenoxy) is 1. The number of amidine groups is 2. The minimum atomic E-state index is 0.0638. The lowest BCUT2D eigenvalue weighted by molar-refractivity contribution is 0.0470. The van der Waals surface area contributed by atoms with Gasteiger partial charge in [-0.25, -0.2) is 0 Å². The standard InChI is InChI=1S/C15H24N4O/c1-10(2)9-20-11(3)13-5-7-14(8-6-13)15(17)19-18-12(4)16/h5-8,10-11H,9H2,1-4H3,(H2,16,18)(H2,17,19). The molecule has 0 saturated carbocycles. The highest BCUT2D eigenvalue weighted by molar-refractivity contribution is 5.97. The summed E-state index contributed by atoms with van der Waals surface area (Å²) in [5, 5.41) is 7.59. The van der Waals surface area contributed by atoms with Crippen molar-refractivity contribution < 1.29 is 4.74 Å². The van der Waals surface area contributed by atoms with Crippen LogP contribution in [0, 0.1) is 5.92 Å². The molecule has 0 amide bonds. The van der Waals surface area contributed by atoms with Gasteiger partial charge in [-0.15, -0.1) is 10.2 Å². The van der Waals surface area contributed by atoms with Gasteiger partial charge in [0.1, 0.15) is 5.84 Å². The maximum atomic E-state index is 5.82. The molecule has 1 unspecified atom stereocenters. The highest BCUT2D eigenvalue weighted by Crippen LogP contribution is 2.18. The summed E-state index contributed by atoms with van der Waals surface area (Å²) in [6.07, 6.45) is 0.0638. The highest BCUT2D eigenvalue weighted by atomic mass is 16.5. The second-order valence-corrected chi connectivity index (χ2v) is 5.22. The molecule has 0 aliphatic rings. The maximum absolute atomic E-state index is 5.82. The molecule has 0 bridgehead atoms. The third-order valence-electron chi connectivity index (χ3n) is 2.67. The van der Waals surface area contributed by atoms with Crippen molar-refractivity contribution >= 4 is 11.7 Å². The Hall–Kier alpha value is -1.88. The molecule has 0 spiro atoms. The lowest BCUT2D eigenvalue weighted by Crippen LogP contribution is -2.14. The van der Waals surface area contributed by atoms with Gasteiger partial charge >= 0.3 is 0 Å². The van der Waals surface area contributed by atoms with Gasteiger partial charge in [-0.05, 0) is 25.3 Å². The fourth-order valence-electron chi connectivity index (χ4n) is 1.55. The number of nitrogens with zero attached hydrogens (tertiary/aromatic N) is 2. The van der Waals surface area contributed by atoms with Crippen LogP contribution in [0.2, 0.25) is 0 Å². The smallest absolute Gasteiger partial charge is 0.153 e. The summed E-state index contributed by atoms with van der Waals surface area (Å²) in [7, 11) is 0. The minimum Gasteiger partial charge on any atom is -0.386 e. The zero-order chi connectivity index (χ0) is 15.1. The van der Waals surface area contributed by atoms with Gasteiger partial charge in [0.2, 0.25) is 0 Å². The molecule has 5 nitrogen and oxygen atoms in total. The Morgan fingerprint density at radius 3 is 2.20 bits per heavy atom. The molecule has 110 valence electrons. The third kappa shape index (κ3) is 5.40. The Balaban J connectivity index is 2.73. The number of rotatable bonds is 6. The van der Waals surface area contributed by atoms with Gasteiger partial charge in [-0.2, -0.15) is 0 Å². The van der Waals surface area contributed by atoms with Gasteiger partial charge in [-0.1, -0.05) is 38.1 Å². The van der Waals surface area contributed by atoms with Crippen LogP contribution in [-0.4, -0.2) is 18.3 Å². The number of benzene rings is 1. The molecule has 0 aromatic heterocycles. The topological polar surface area (TPSA) is 86.0 Å². The molecule has 1 rings (SSSR count). The Bertz CT molecular complexity index is 473. The molecule has 0 aliphatic heterocycles. The first kappa shape index (κ1) is 16.2. The lowest BCUT2D eigenvalue weighted by Gasteiger charge is -2.15. The lowest BCUT2D eigenvalue weighted by atomic mass is 10.1. The summed E-state index contributed by atoms with van der Waals surface area (Å²) in [5.74, 6) is 1.24. The fourth-order valence-corrected chi connectivity index (χ4v) is 1.55. The summed E-state index contributed by atoms with van der Waals surface area (Å²) >= 11 is 0. The SMILES string of the molecule is C/C(N)=N/N=C(\N)c1ccc(C(C)OCC(C)C)cc1. The van der Waals surface area contributed by atoms with E-state index in [1.54, 1.807) is 6.92 Å². The zero-order valence-corrected chi connectivity index (χ0v) is 12.6. The quantitative estimate of drug-likeness (QED) is 0.475. The monoisotopic (exact) mass is 276 g/mol. The molecule has 0 radical (unpaired) electrons. The van der Waals surface area contributed by atoms with Crippen molar-refractivity contribution in [1.82, 2.24) is 0 Å². The Labute approximate surface area is 120 Å². The van der Waals surface area contributed by atoms with Crippen LogP contribution in [0.25, 0.3) is 0 Å². The molecule has 5 heteroatoms. The van der Waals surface area contributed by atoms with Crippen molar-refractivity contribution in [1.29, 1.82) is 0 Å². The van der Waals surface area contributed by atoms with E-state index in [4.69, 9.17) is 16.2 Å². The molecule has 1 aromatic carbocycles. The Kier molecular flexibility index (Phi) is 6.18. The summed E-state index contributed by atoms with van der Waals surface area (Å²) in [6.45, 7) is 8.71. The average Bonchev–Trinajstić information content (AvgIpc) is 2.42.